The quantitative estimate of drug-likeness (QED) is 0.641. The van der Waals surface area contributed by atoms with Crippen molar-refractivity contribution < 1.29 is 14.3 Å². The highest BCUT2D eigenvalue weighted by Crippen LogP contribution is 2.31. The summed E-state index contributed by atoms with van der Waals surface area (Å²) in [6.07, 6.45) is 4.70. The first-order chi connectivity index (χ1) is 13.1. The highest BCUT2D eigenvalue weighted by Gasteiger charge is 2.39. The van der Waals surface area contributed by atoms with Gasteiger partial charge in [0.05, 0.1) is 23.9 Å². The van der Waals surface area contributed by atoms with Gasteiger partial charge in [-0.1, -0.05) is 0 Å². The molecule has 0 saturated carbocycles. The van der Waals surface area contributed by atoms with Crippen molar-refractivity contribution in [1.82, 2.24) is 10.3 Å². The molecule has 1 aliphatic heterocycles. The van der Waals surface area contributed by atoms with Crippen molar-refractivity contribution >= 4 is 48.0 Å². The van der Waals surface area contributed by atoms with Gasteiger partial charge in [0.1, 0.15) is 0 Å². The zero-order chi connectivity index (χ0) is 19.1. The fourth-order valence-corrected chi connectivity index (χ4v) is 3.23. The molecule has 0 aliphatic carbocycles. The summed E-state index contributed by atoms with van der Waals surface area (Å²) in [4.78, 5) is 29.1. The number of rotatable bonds is 6. The van der Waals surface area contributed by atoms with E-state index in [0.717, 1.165) is 25.9 Å². The van der Waals surface area contributed by atoms with Gasteiger partial charge in [-0.05, 0) is 62.3 Å². The van der Waals surface area contributed by atoms with Crippen LogP contribution in [0.2, 0.25) is 0 Å². The summed E-state index contributed by atoms with van der Waals surface area (Å²) >= 11 is 0. The second kappa shape index (κ2) is 11.7. The average molecular weight is 441 g/mol. The zero-order valence-corrected chi connectivity index (χ0v) is 17.8. The first-order valence-corrected chi connectivity index (χ1v) is 8.95. The Hall–Kier alpha value is -2.19. The molecule has 1 aliphatic rings. The van der Waals surface area contributed by atoms with Crippen LogP contribution in [-0.4, -0.2) is 43.6 Å². The molecule has 29 heavy (non-hydrogen) atoms. The third-order valence-corrected chi connectivity index (χ3v) is 4.79. The Bertz CT molecular complexity index is 777. The average Bonchev–Trinajstić information content (AvgIpc) is 2.70. The summed E-state index contributed by atoms with van der Waals surface area (Å²) in [6, 6.07) is 10.4. The Balaban J connectivity index is 0.00000210. The van der Waals surface area contributed by atoms with Crippen molar-refractivity contribution in [1.29, 1.82) is 0 Å². The Morgan fingerprint density at radius 1 is 1.07 bits per heavy atom. The molecule has 9 heteroatoms. The molecular formula is C20H26Cl2N4O3. The lowest BCUT2D eigenvalue weighted by molar-refractivity contribution is -0.130. The Labute approximate surface area is 182 Å². The van der Waals surface area contributed by atoms with E-state index in [-0.39, 0.29) is 36.6 Å². The lowest BCUT2D eigenvalue weighted by Gasteiger charge is -2.35. The van der Waals surface area contributed by atoms with E-state index in [9.17, 15) is 9.59 Å². The summed E-state index contributed by atoms with van der Waals surface area (Å²) < 4.78 is 5.30. The van der Waals surface area contributed by atoms with Crippen LogP contribution in [0.25, 0.3) is 0 Å². The number of ether oxygens (including phenoxy) is 1. The summed E-state index contributed by atoms with van der Waals surface area (Å²) in [5.41, 5.74) is 1.28. The molecule has 2 amide bonds. The van der Waals surface area contributed by atoms with Crippen LogP contribution in [0.3, 0.4) is 0 Å². The number of carbonyl (C=O) groups is 2. The number of hydrogen-bond donors (Lipinski definition) is 3. The number of hydrogen-bond acceptors (Lipinski definition) is 5. The summed E-state index contributed by atoms with van der Waals surface area (Å²) in [5.74, 6) is -0.270. The van der Waals surface area contributed by atoms with E-state index < -0.39 is 5.41 Å². The molecule has 1 aromatic heterocycles. The molecule has 2 heterocycles. The number of halogens is 2. The van der Waals surface area contributed by atoms with E-state index in [1.54, 1.807) is 55.9 Å². The monoisotopic (exact) mass is 440 g/mol. The predicted molar refractivity (Wildman–Crippen MR) is 118 cm³/mol. The highest BCUT2D eigenvalue weighted by atomic mass is 35.5. The molecule has 3 N–H and O–H groups in total. The van der Waals surface area contributed by atoms with Crippen LogP contribution < -0.4 is 16.0 Å². The molecule has 0 radical (unpaired) electrons. The van der Waals surface area contributed by atoms with Crippen molar-refractivity contribution in [3.05, 3.63) is 54.4 Å². The summed E-state index contributed by atoms with van der Waals surface area (Å²) in [6.45, 7) is 1.99. The number of piperidine rings is 1. The van der Waals surface area contributed by atoms with Gasteiger partial charge in [-0.3, -0.25) is 14.6 Å². The molecule has 7 nitrogen and oxygen atoms in total. The topological polar surface area (TPSA) is 92.3 Å². The van der Waals surface area contributed by atoms with Gasteiger partial charge in [0, 0.05) is 24.6 Å². The van der Waals surface area contributed by atoms with Gasteiger partial charge < -0.3 is 20.7 Å². The van der Waals surface area contributed by atoms with Gasteiger partial charge in [-0.15, -0.1) is 24.8 Å². The molecule has 0 bridgehead atoms. The zero-order valence-electron chi connectivity index (χ0n) is 16.1. The van der Waals surface area contributed by atoms with Gasteiger partial charge in [0.25, 0.3) is 5.91 Å². The van der Waals surface area contributed by atoms with Crippen molar-refractivity contribution in [2.45, 2.75) is 12.8 Å². The van der Waals surface area contributed by atoms with Crippen LogP contribution in [0.1, 0.15) is 23.2 Å². The summed E-state index contributed by atoms with van der Waals surface area (Å²) in [5, 5.41) is 9.02. The number of pyridine rings is 1. The fraction of sp³-hybridized carbons (Fsp3) is 0.350. The predicted octanol–water partition coefficient (Wildman–Crippen LogP) is 3.13. The fourth-order valence-electron chi connectivity index (χ4n) is 3.23. The van der Waals surface area contributed by atoms with Crippen LogP contribution in [0.4, 0.5) is 11.4 Å². The van der Waals surface area contributed by atoms with Crippen LogP contribution in [0.5, 0.6) is 0 Å². The number of nitrogens with zero attached hydrogens (tertiary/aromatic N) is 1. The molecule has 158 valence electrons. The summed E-state index contributed by atoms with van der Waals surface area (Å²) in [7, 11) is 1.62. The van der Waals surface area contributed by atoms with Gasteiger partial charge in [-0.2, -0.15) is 0 Å². The smallest absolute Gasteiger partial charge is 0.255 e. The lowest BCUT2D eigenvalue weighted by atomic mass is 9.78. The molecule has 1 fully saturated rings. The number of methoxy groups -OCH3 is 1. The second-order valence-electron chi connectivity index (χ2n) is 6.69. The Kier molecular flexibility index (Phi) is 10.0. The maximum absolute atomic E-state index is 12.8. The third kappa shape index (κ3) is 6.40. The largest absolute Gasteiger partial charge is 0.384 e. The molecule has 1 saturated heterocycles. The number of anilines is 2. The molecule has 3 rings (SSSR count). The first kappa shape index (κ1) is 24.8. The van der Waals surface area contributed by atoms with Gasteiger partial charge >= 0.3 is 0 Å². The third-order valence-electron chi connectivity index (χ3n) is 4.79. The number of carbonyl (C=O) groups excluding carboxylic acids is 2. The van der Waals surface area contributed by atoms with Crippen LogP contribution in [0, 0.1) is 5.41 Å². The van der Waals surface area contributed by atoms with E-state index in [1.165, 1.54) is 0 Å². The molecular weight excluding hydrogens is 415 g/mol. The van der Waals surface area contributed by atoms with Crippen molar-refractivity contribution in [2.24, 2.45) is 5.41 Å². The van der Waals surface area contributed by atoms with Crippen LogP contribution in [-0.2, 0) is 9.53 Å². The highest BCUT2D eigenvalue weighted by molar-refractivity contribution is 6.04. The lowest BCUT2D eigenvalue weighted by Crippen LogP contribution is -2.47. The molecule has 0 spiro atoms. The minimum atomic E-state index is -0.518. The number of nitrogens with one attached hydrogen (secondary N) is 3. The minimum Gasteiger partial charge on any atom is -0.384 e. The van der Waals surface area contributed by atoms with E-state index in [4.69, 9.17) is 4.74 Å². The van der Waals surface area contributed by atoms with E-state index in [2.05, 4.69) is 20.9 Å². The Morgan fingerprint density at radius 2 is 1.76 bits per heavy atom. The van der Waals surface area contributed by atoms with Crippen molar-refractivity contribution in [3.63, 3.8) is 0 Å². The van der Waals surface area contributed by atoms with E-state index in [0.29, 0.717) is 23.5 Å². The molecule has 0 atom stereocenters. The van der Waals surface area contributed by atoms with Gasteiger partial charge in [-0.25, -0.2) is 0 Å². The van der Waals surface area contributed by atoms with Gasteiger partial charge in [0.2, 0.25) is 5.91 Å². The standard InChI is InChI=1S/C20H24N4O3.2ClH/c1-27-14-20(8-11-21-12-9-20)19(26)24-16-6-4-15(5-7-16)18(25)23-17-3-2-10-22-13-17;;/h2-7,10,13,21H,8-9,11-12,14H2,1H3,(H,23,25)(H,24,26);2*1H. The van der Waals surface area contributed by atoms with E-state index in [1.807, 2.05) is 0 Å². The number of aromatic nitrogens is 1. The maximum Gasteiger partial charge on any atom is 0.255 e. The molecule has 2 aromatic rings. The maximum atomic E-state index is 12.8. The van der Waals surface area contributed by atoms with E-state index >= 15 is 0 Å². The number of amides is 2. The minimum absolute atomic E-state index is 0. The van der Waals surface area contributed by atoms with Gasteiger partial charge in [0.15, 0.2) is 0 Å². The van der Waals surface area contributed by atoms with Crippen molar-refractivity contribution in [3.8, 4) is 0 Å². The van der Waals surface area contributed by atoms with Crippen LogP contribution in [0.15, 0.2) is 48.8 Å². The first-order valence-electron chi connectivity index (χ1n) is 8.95. The Morgan fingerprint density at radius 3 is 2.34 bits per heavy atom. The SMILES string of the molecule is COCC1(C(=O)Nc2ccc(C(=O)Nc3cccnc3)cc2)CCNCC1.Cl.Cl. The molecule has 1 aromatic carbocycles. The second-order valence-corrected chi connectivity index (χ2v) is 6.69. The number of benzene rings is 1. The molecule has 0 unspecified atom stereocenters. The van der Waals surface area contributed by atoms with Crippen LogP contribution >= 0.6 is 24.8 Å². The normalized spacial score (nSPS) is 14.7. The van der Waals surface area contributed by atoms with Crippen molar-refractivity contribution in [2.75, 3.05) is 37.4 Å².